The quantitative estimate of drug-likeness (QED) is 0.698. The van der Waals surface area contributed by atoms with Crippen molar-refractivity contribution < 1.29 is 9.90 Å². The summed E-state index contributed by atoms with van der Waals surface area (Å²) in [6.07, 6.45) is 0.675. The molecule has 1 aliphatic rings. The smallest absolute Gasteiger partial charge is 0.320 e. The summed E-state index contributed by atoms with van der Waals surface area (Å²) in [4.78, 5) is 13.0. The predicted molar refractivity (Wildman–Crippen MR) is 55.3 cm³/mol. The van der Waals surface area contributed by atoms with Crippen LogP contribution in [-0.4, -0.2) is 47.2 Å². The van der Waals surface area contributed by atoms with Crippen LogP contribution < -0.4 is 5.32 Å². The molecule has 1 rings (SSSR count). The van der Waals surface area contributed by atoms with E-state index in [1.54, 1.807) is 0 Å². The molecule has 0 saturated carbocycles. The van der Waals surface area contributed by atoms with Crippen molar-refractivity contribution in [2.24, 2.45) is 0 Å². The van der Waals surface area contributed by atoms with E-state index in [4.69, 9.17) is 5.11 Å². The van der Waals surface area contributed by atoms with E-state index in [-0.39, 0.29) is 6.04 Å². The summed E-state index contributed by atoms with van der Waals surface area (Å²) in [5.41, 5.74) is 0. The molecule has 3 atom stereocenters. The van der Waals surface area contributed by atoms with Gasteiger partial charge in [-0.3, -0.25) is 9.69 Å². The van der Waals surface area contributed by atoms with E-state index in [1.165, 1.54) is 0 Å². The fourth-order valence-corrected chi connectivity index (χ4v) is 2.21. The van der Waals surface area contributed by atoms with E-state index >= 15 is 0 Å². The second kappa shape index (κ2) is 4.75. The zero-order valence-corrected chi connectivity index (χ0v) is 9.16. The largest absolute Gasteiger partial charge is 0.480 e. The lowest BCUT2D eigenvalue weighted by Gasteiger charge is -2.39. The first kappa shape index (κ1) is 11.5. The highest BCUT2D eigenvalue weighted by atomic mass is 16.4. The summed E-state index contributed by atoms with van der Waals surface area (Å²) in [6.45, 7) is 7.77. The highest BCUT2D eigenvalue weighted by molar-refractivity contribution is 5.73. The first-order valence-corrected chi connectivity index (χ1v) is 5.27. The third kappa shape index (κ3) is 2.69. The molecule has 0 aromatic rings. The number of carboxylic acids is 1. The summed E-state index contributed by atoms with van der Waals surface area (Å²) in [7, 11) is 0. The van der Waals surface area contributed by atoms with Gasteiger partial charge in [0, 0.05) is 25.2 Å². The third-order valence-electron chi connectivity index (χ3n) is 2.70. The van der Waals surface area contributed by atoms with Gasteiger partial charge in [-0.1, -0.05) is 6.92 Å². The highest BCUT2D eigenvalue weighted by Gasteiger charge is 2.29. The van der Waals surface area contributed by atoms with Gasteiger partial charge < -0.3 is 10.4 Å². The molecule has 1 unspecified atom stereocenters. The number of rotatable bonds is 3. The highest BCUT2D eigenvalue weighted by Crippen LogP contribution is 2.11. The summed E-state index contributed by atoms with van der Waals surface area (Å²) in [5.74, 6) is -0.700. The molecule has 4 heteroatoms. The maximum absolute atomic E-state index is 11.0. The maximum Gasteiger partial charge on any atom is 0.320 e. The van der Waals surface area contributed by atoms with Crippen LogP contribution in [0.3, 0.4) is 0 Å². The molecule has 1 aliphatic heterocycles. The van der Waals surface area contributed by atoms with Crippen LogP contribution in [0.1, 0.15) is 27.2 Å². The van der Waals surface area contributed by atoms with Gasteiger partial charge in [0.25, 0.3) is 0 Å². The van der Waals surface area contributed by atoms with Crippen molar-refractivity contribution in [2.75, 3.05) is 13.1 Å². The van der Waals surface area contributed by atoms with Gasteiger partial charge in [-0.2, -0.15) is 0 Å². The number of hydrogen-bond acceptors (Lipinski definition) is 3. The molecule has 4 nitrogen and oxygen atoms in total. The minimum atomic E-state index is -0.700. The van der Waals surface area contributed by atoms with Crippen molar-refractivity contribution >= 4 is 5.97 Å². The molecule has 0 aromatic heterocycles. The Hall–Kier alpha value is -0.610. The Kier molecular flexibility index (Phi) is 3.89. The zero-order valence-electron chi connectivity index (χ0n) is 9.16. The van der Waals surface area contributed by atoms with Gasteiger partial charge in [-0.05, 0) is 20.3 Å². The van der Waals surface area contributed by atoms with Gasteiger partial charge in [0.1, 0.15) is 6.04 Å². The Morgan fingerprint density at radius 1 is 1.50 bits per heavy atom. The molecule has 1 fully saturated rings. The summed E-state index contributed by atoms with van der Waals surface area (Å²) >= 11 is 0. The fraction of sp³-hybridized carbons (Fsp3) is 0.900. The Morgan fingerprint density at radius 2 is 2.00 bits per heavy atom. The van der Waals surface area contributed by atoms with Crippen LogP contribution in [0.15, 0.2) is 0 Å². The number of nitrogens with one attached hydrogen (secondary N) is 1. The standard InChI is InChI=1S/C10H20N2O2/c1-4-9(10(13)14)12-5-7(2)11-8(3)6-12/h7-9,11H,4-6H2,1-3H3,(H,13,14)/t7-,8+,9?. The van der Waals surface area contributed by atoms with E-state index in [0.717, 1.165) is 13.1 Å². The summed E-state index contributed by atoms with van der Waals surface area (Å²) in [6, 6.07) is 0.446. The van der Waals surface area contributed by atoms with Crippen LogP contribution in [0, 0.1) is 0 Å². The van der Waals surface area contributed by atoms with Crippen molar-refractivity contribution in [1.29, 1.82) is 0 Å². The number of nitrogens with zero attached hydrogens (tertiary/aromatic N) is 1. The number of hydrogen-bond donors (Lipinski definition) is 2. The Bertz CT molecular complexity index is 198. The molecule has 0 spiro atoms. The minimum Gasteiger partial charge on any atom is -0.480 e. The molecular weight excluding hydrogens is 180 g/mol. The number of aliphatic carboxylic acids is 1. The topological polar surface area (TPSA) is 52.6 Å². The van der Waals surface area contributed by atoms with E-state index < -0.39 is 5.97 Å². The molecule has 0 aliphatic carbocycles. The molecule has 14 heavy (non-hydrogen) atoms. The summed E-state index contributed by atoms with van der Waals surface area (Å²) in [5, 5.41) is 12.4. The predicted octanol–water partition coefficient (Wildman–Crippen LogP) is 0.532. The zero-order chi connectivity index (χ0) is 10.7. The van der Waals surface area contributed by atoms with Crippen LogP contribution in [0.5, 0.6) is 0 Å². The van der Waals surface area contributed by atoms with Gasteiger partial charge in [0.15, 0.2) is 0 Å². The normalized spacial score (nSPS) is 31.4. The first-order chi connectivity index (χ1) is 6.54. The van der Waals surface area contributed by atoms with Gasteiger partial charge in [0.2, 0.25) is 0 Å². The Balaban J connectivity index is 2.61. The fourth-order valence-electron chi connectivity index (χ4n) is 2.21. The molecule has 0 amide bonds. The van der Waals surface area contributed by atoms with Gasteiger partial charge in [0.05, 0.1) is 0 Å². The number of carbonyl (C=O) groups is 1. The van der Waals surface area contributed by atoms with Crippen LogP contribution in [0.25, 0.3) is 0 Å². The lowest BCUT2D eigenvalue weighted by molar-refractivity contribution is -0.144. The van der Waals surface area contributed by atoms with Gasteiger partial charge >= 0.3 is 5.97 Å². The average molecular weight is 200 g/mol. The Morgan fingerprint density at radius 3 is 2.36 bits per heavy atom. The molecule has 0 bridgehead atoms. The Labute approximate surface area is 85.3 Å². The third-order valence-corrected chi connectivity index (χ3v) is 2.70. The van der Waals surface area contributed by atoms with E-state index in [9.17, 15) is 4.79 Å². The van der Waals surface area contributed by atoms with E-state index in [2.05, 4.69) is 24.1 Å². The van der Waals surface area contributed by atoms with Crippen molar-refractivity contribution in [3.8, 4) is 0 Å². The SMILES string of the molecule is CCC(C(=O)O)N1C[C@@H](C)N[C@@H](C)C1. The van der Waals surface area contributed by atoms with Gasteiger partial charge in [-0.25, -0.2) is 0 Å². The molecular formula is C10H20N2O2. The molecule has 1 saturated heterocycles. The minimum absolute atomic E-state index is 0.318. The van der Waals surface area contributed by atoms with Crippen molar-refractivity contribution in [2.45, 2.75) is 45.3 Å². The van der Waals surface area contributed by atoms with Crippen LogP contribution >= 0.6 is 0 Å². The molecule has 0 radical (unpaired) electrons. The second-order valence-electron chi connectivity index (χ2n) is 4.18. The second-order valence-corrected chi connectivity index (χ2v) is 4.18. The first-order valence-electron chi connectivity index (χ1n) is 5.27. The number of carboxylic acid groups (broad SMARTS) is 1. The van der Waals surface area contributed by atoms with E-state index in [0.29, 0.717) is 18.5 Å². The maximum atomic E-state index is 11.0. The summed E-state index contributed by atoms with van der Waals surface area (Å²) < 4.78 is 0. The molecule has 0 aromatic carbocycles. The van der Waals surface area contributed by atoms with Crippen molar-refractivity contribution in [3.63, 3.8) is 0 Å². The average Bonchev–Trinajstić information content (AvgIpc) is 2.02. The van der Waals surface area contributed by atoms with Crippen LogP contribution in [0.2, 0.25) is 0 Å². The molecule has 82 valence electrons. The molecule has 2 N–H and O–H groups in total. The van der Waals surface area contributed by atoms with Crippen LogP contribution in [-0.2, 0) is 4.79 Å². The van der Waals surface area contributed by atoms with E-state index in [1.807, 2.05) is 6.92 Å². The van der Waals surface area contributed by atoms with Crippen LogP contribution in [0.4, 0.5) is 0 Å². The van der Waals surface area contributed by atoms with Crippen molar-refractivity contribution in [3.05, 3.63) is 0 Å². The monoisotopic (exact) mass is 200 g/mol. The van der Waals surface area contributed by atoms with Crippen molar-refractivity contribution in [1.82, 2.24) is 10.2 Å². The van der Waals surface area contributed by atoms with Gasteiger partial charge in [-0.15, -0.1) is 0 Å². The lowest BCUT2D eigenvalue weighted by atomic mass is 10.1. The number of piperazine rings is 1. The lowest BCUT2D eigenvalue weighted by Crippen LogP contribution is -2.58. The molecule has 1 heterocycles.